The minimum atomic E-state index is -0.485. The number of rotatable bonds is 6. The van der Waals surface area contributed by atoms with Crippen molar-refractivity contribution in [2.24, 2.45) is 5.73 Å². The van der Waals surface area contributed by atoms with Crippen LogP contribution in [-0.4, -0.2) is 66.9 Å². The van der Waals surface area contributed by atoms with E-state index in [1.165, 1.54) is 0 Å². The summed E-state index contributed by atoms with van der Waals surface area (Å²) in [6.07, 6.45) is -0.485. The molecule has 5 nitrogen and oxygen atoms in total. The summed E-state index contributed by atoms with van der Waals surface area (Å²) in [4.78, 5) is 4.64. The lowest BCUT2D eigenvalue weighted by molar-refractivity contribution is 0.0272. The molecule has 118 valence electrons. The van der Waals surface area contributed by atoms with Gasteiger partial charge in [0, 0.05) is 44.3 Å². The molecule has 0 aliphatic carbocycles. The quantitative estimate of drug-likeness (QED) is 0.801. The van der Waals surface area contributed by atoms with Crippen molar-refractivity contribution >= 4 is 0 Å². The Labute approximate surface area is 127 Å². The fraction of sp³-hybridized carbons (Fsp3) is 0.625. The fourth-order valence-corrected chi connectivity index (χ4v) is 2.77. The van der Waals surface area contributed by atoms with Gasteiger partial charge in [0.2, 0.25) is 0 Å². The Hall–Kier alpha value is -1.14. The molecule has 1 heterocycles. The van der Waals surface area contributed by atoms with Gasteiger partial charge in [0.25, 0.3) is 0 Å². The number of nitrogens with two attached hydrogens (primary N) is 1. The molecular formula is C16H27N3O2. The zero-order valence-electron chi connectivity index (χ0n) is 13.0. The summed E-state index contributed by atoms with van der Waals surface area (Å²) in [5.41, 5.74) is 6.65. The molecule has 2 unspecified atom stereocenters. The average molecular weight is 293 g/mol. The Morgan fingerprint density at radius 3 is 2.86 bits per heavy atom. The zero-order valence-corrected chi connectivity index (χ0v) is 13.0. The van der Waals surface area contributed by atoms with Crippen molar-refractivity contribution in [1.82, 2.24) is 9.80 Å². The van der Waals surface area contributed by atoms with Gasteiger partial charge in [-0.1, -0.05) is 18.2 Å². The third-order valence-electron chi connectivity index (χ3n) is 4.04. The van der Waals surface area contributed by atoms with Crippen molar-refractivity contribution in [2.75, 3.05) is 39.8 Å². The van der Waals surface area contributed by atoms with Gasteiger partial charge >= 0.3 is 0 Å². The third kappa shape index (κ3) is 4.68. The second-order valence-electron chi connectivity index (χ2n) is 5.88. The van der Waals surface area contributed by atoms with Crippen LogP contribution in [0.15, 0.2) is 24.3 Å². The van der Waals surface area contributed by atoms with Gasteiger partial charge < -0.3 is 20.5 Å². The van der Waals surface area contributed by atoms with E-state index < -0.39 is 6.10 Å². The molecule has 21 heavy (non-hydrogen) atoms. The Balaban J connectivity index is 1.80. The van der Waals surface area contributed by atoms with Crippen molar-refractivity contribution in [1.29, 1.82) is 0 Å². The summed E-state index contributed by atoms with van der Waals surface area (Å²) in [7, 11) is 2.14. The van der Waals surface area contributed by atoms with Crippen LogP contribution >= 0.6 is 0 Å². The maximum Gasteiger partial charge on any atom is 0.123 e. The maximum absolute atomic E-state index is 10.2. The average Bonchev–Trinajstić information content (AvgIpc) is 2.48. The number of aliphatic hydroxyl groups is 1. The Morgan fingerprint density at radius 2 is 2.14 bits per heavy atom. The van der Waals surface area contributed by atoms with Crippen molar-refractivity contribution in [3.63, 3.8) is 0 Å². The number of hydrogen-bond donors (Lipinski definition) is 2. The van der Waals surface area contributed by atoms with Gasteiger partial charge in [0.05, 0.1) is 0 Å². The van der Waals surface area contributed by atoms with Crippen LogP contribution in [0.1, 0.15) is 12.5 Å². The summed E-state index contributed by atoms with van der Waals surface area (Å²) in [5, 5.41) is 10.2. The van der Waals surface area contributed by atoms with Gasteiger partial charge in [-0.15, -0.1) is 0 Å². The molecule has 3 N–H and O–H groups in total. The molecular weight excluding hydrogens is 266 g/mol. The topological polar surface area (TPSA) is 62.0 Å². The number of likely N-dealkylation sites (N-methyl/N-ethyl adjacent to an activating group) is 1. The number of ether oxygens (including phenoxy) is 1. The zero-order chi connectivity index (χ0) is 15.2. The summed E-state index contributed by atoms with van der Waals surface area (Å²) in [5.74, 6) is 0.769. The molecule has 1 aliphatic heterocycles. The highest BCUT2D eigenvalue weighted by Gasteiger charge is 2.23. The summed E-state index contributed by atoms with van der Waals surface area (Å²) >= 11 is 0. The van der Waals surface area contributed by atoms with Gasteiger partial charge in [-0.2, -0.15) is 0 Å². The Bertz CT molecular complexity index is 441. The first-order chi connectivity index (χ1) is 10.1. The molecule has 0 saturated carbocycles. The van der Waals surface area contributed by atoms with Gasteiger partial charge in [-0.25, -0.2) is 0 Å². The highest BCUT2D eigenvalue weighted by atomic mass is 16.5. The standard InChI is InChI=1S/C16H27N3O2/c1-13-10-18(2)7-8-19(13)11-15(20)12-21-16-6-4-3-5-14(16)9-17/h3-6,13,15,20H,7-12,17H2,1-2H3. The van der Waals surface area contributed by atoms with Crippen LogP contribution in [0, 0.1) is 0 Å². The van der Waals surface area contributed by atoms with E-state index in [9.17, 15) is 5.11 Å². The van der Waals surface area contributed by atoms with E-state index in [2.05, 4.69) is 23.8 Å². The number of nitrogens with zero attached hydrogens (tertiary/aromatic N) is 2. The lowest BCUT2D eigenvalue weighted by Crippen LogP contribution is -2.53. The molecule has 1 aromatic carbocycles. The highest BCUT2D eigenvalue weighted by molar-refractivity contribution is 5.32. The molecule has 1 fully saturated rings. The van der Waals surface area contributed by atoms with E-state index in [0.717, 1.165) is 30.9 Å². The predicted molar refractivity (Wildman–Crippen MR) is 84.4 cm³/mol. The number of hydrogen-bond acceptors (Lipinski definition) is 5. The van der Waals surface area contributed by atoms with Gasteiger partial charge in [-0.3, -0.25) is 4.90 Å². The molecule has 1 aliphatic rings. The van der Waals surface area contributed by atoms with Crippen LogP contribution in [0.4, 0.5) is 0 Å². The second kappa shape index (κ2) is 7.75. The summed E-state index contributed by atoms with van der Waals surface area (Å²) in [6, 6.07) is 8.17. The molecule has 2 atom stereocenters. The van der Waals surface area contributed by atoms with Crippen LogP contribution < -0.4 is 10.5 Å². The fourth-order valence-electron chi connectivity index (χ4n) is 2.77. The van der Waals surface area contributed by atoms with Crippen LogP contribution in [0.2, 0.25) is 0 Å². The van der Waals surface area contributed by atoms with Crippen molar-refractivity contribution < 1.29 is 9.84 Å². The lowest BCUT2D eigenvalue weighted by Gasteiger charge is -2.39. The Kier molecular flexibility index (Phi) is 5.99. The van der Waals surface area contributed by atoms with Gasteiger partial charge in [0.15, 0.2) is 0 Å². The third-order valence-corrected chi connectivity index (χ3v) is 4.04. The van der Waals surface area contributed by atoms with E-state index >= 15 is 0 Å². The molecule has 0 aromatic heterocycles. The molecule has 2 rings (SSSR count). The van der Waals surface area contributed by atoms with Crippen LogP contribution in [0.25, 0.3) is 0 Å². The predicted octanol–water partition coefficient (Wildman–Crippen LogP) is 0.521. The van der Waals surface area contributed by atoms with Crippen LogP contribution in [-0.2, 0) is 6.54 Å². The van der Waals surface area contributed by atoms with E-state index in [1.54, 1.807) is 0 Å². The SMILES string of the molecule is CC1CN(C)CCN1CC(O)COc1ccccc1CN. The molecule has 5 heteroatoms. The molecule has 0 radical (unpaired) electrons. The first-order valence-electron chi connectivity index (χ1n) is 7.61. The van der Waals surface area contributed by atoms with Crippen LogP contribution in [0.5, 0.6) is 5.75 Å². The van der Waals surface area contributed by atoms with Crippen molar-refractivity contribution in [2.45, 2.75) is 25.6 Å². The van der Waals surface area contributed by atoms with E-state index in [0.29, 0.717) is 25.7 Å². The number of benzene rings is 1. The van der Waals surface area contributed by atoms with E-state index in [-0.39, 0.29) is 0 Å². The molecule has 1 aromatic rings. The number of aliphatic hydroxyl groups excluding tert-OH is 1. The summed E-state index contributed by atoms with van der Waals surface area (Å²) < 4.78 is 5.72. The maximum atomic E-state index is 10.2. The highest BCUT2D eigenvalue weighted by Crippen LogP contribution is 2.17. The largest absolute Gasteiger partial charge is 0.491 e. The number of piperazine rings is 1. The molecule has 0 spiro atoms. The number of para-hydroxylation sites is 1. The van der Waals surface area contributed by atoms with E-state index in [1.807, 2.05) is 24.3 Å². The number of β-amino-alcohol motifs (C(OH)–C–C–N with tert-alkyl or cyclic N) is 1. The van der Waals surface area contributed by atoms with Crippen LogP contribution in [0.3, 0.4) is 0 Å². The monoisotopic (exact) mass is 293 g/mol. The van der Waals surface area contributed by atoms with Gasteiger partial charge in [0.1, 0.15) is 18.5 Å². The smallest absolute Gasteiger partial charge is 0.123 e. The first-order valence-corrected chi connectivity index (χ1v) is 7.61. The Morgan fingerprint density at radius 1 is 1.38 bits per heavy atom. The van der Waals surface area contributed by atoms with Crippen molar-refractivity contribution in [3.8, 4) is 5.75 Å². The molecule has 0 amide bonds. The van der Waals surface area contributed by atoms with Crippen molar-refractivity contribution in [3.05, 3.63) is 29.8 Å². The minimum Gasteiger partial charge on any atom is -0.491 e. The normalized spacial score (nSPS) is 22.2. The van der Waals surface area contributed by atoms with Gasteiger partial charge in [-0.05, 0) is 20.0 Å². The molecule has 0 bridgehead atoms. The minimum absolute atomic E-state index is 0.302. The molecule has 1 saturated heterocycles. The summed E-state index contributed by atoms with van der Waals surface area (Å²) in [6.45, 7) is 6.69. The van der Waals surface area contributed by atoms with E-state index in [4.69, 9.17) is 10.5 Å². The lowest BCUT2D eigenvalue weighted by atomic mass is 10.2. The first kappa shape index (κ1) is 16.2. The second-order valence-corrected chi connectivity index (χ2v) is 5.88.